The lowest BCUT2D eigenvalue weighted by atomic mass is 10.1. The van der Waals surface area contributed by atoms with Gasteiger partial charge in [0.2, 0.25) is 5.88 Å². The number of rotatable bonds is 8. The van der Waals surface area contributed by atoms with Crippen molar-refractivity contribution in [3.63, 3.8) is 0 Å². The summed E-state index contributed by atoms with van der Waals surface area (Å²) in [5.41, 5.74) is 8.81. The van der Waals surface area contributed by atoms with Crippen LogP contribution in [0.5, 0.6) is 11.6 Å². The first kappa shape index (κ1) is 30.9. The highest BCUT2D eigenvalue weighted by atomic mass is 32.2. The Bertz CT molecular complexity index is 1410. The number of hydrogen-bond acceptors (Lipinski definition) is 6. The van der Waals surface area contributed by atoms with Crippen LogP contribution in [0.15, 0.2) is 72.0 Å². The Morgan fingerprint density at radius 2 is 1.48 bits per heavy atom. The highest BCUT2D eigenvalue weighted by molar-refractivity contribution is 7.98. The van der Waals surface area contributed by atoms with Gasteiger partial charge < -0.3 is 15.0 Å². The first-order valence-corrected chi connectivity index (χ1v) is 14.5. The molecule has 0 aliphatic heterocycles. The number of carbonyl (C=O) groups is 1. The molecule has 1 aromatic heterocycles. The Balaban J connectivity index is 0.000000336. The molecule has 0 spiro atoms. The van der Waals surface area contributed by atoms with Crippen molar-refractivity contribution in [3.05, 3.63) is 111 Å². The molecule has 210 valence electrons. The van der Waals surface area contributed by atoms with Crippen molar-refractivity contribution in [2.45, 2.75) is 52.9 Å². The van der Waals surface area contributed by atoms with Crippen molar-refractivity contribution >= 4 is 17.7 Å². The van der Waals surface area contributed by atoms with Crippen molar-refractivity contribution < 1.29 is 9.53 Å². The molecule has 0 aliphatic carbocycles. The summed E-state index contributed by atoms with van der Waals surface area (Å²) in [6.07, 6.45) is 3.44. The van der Waals surface area contributed by atoms with Gasteiger partial charge in [-0.2, -0.15) is 4.98 Å². The maximum atomic E-state index is 13.2. The predicted molar refractivity (Wildman–Crippen MR) is 165 cm³/mol. The number of nitrogens with zero attached hydrogens (tertiary/aromatic N) is 3. The summed E-state index contributed by atoms with van der Waals surface area (Å²) in [6, 6.07) is 20.6. The quantitative estimate of drug-likeness (QED) is 0.183. The minimum atomic E-state index is -0.180. The number of nitrogens with one attached hydrogen (secondary N) is 1. The van der Waals surface area contributed by atoms with Gasteiger partial charge in [0, 0.05) is 26.3 Å². The number of ether oxygens (including phenoxy) is 1. The van der Waals surface area contributed by atoms with E-state index in [0.717, 1.165) is 17.7 Å². The Labute approximate surface area is 243 Å². The van der Waals surface area contributed by atoms with Crippen LogP contribution in [-0.2, 0) is 13.1 Å². The van der Waals surface area contributed by atoms with Crippen molar-refractivity contribution in [2.75, 3.05) is 20.4 Å². The number of carbonyl (C=O) groups excluding carboxylic acids is 1. The fraction of sp³-hybridized carbons (Fsp3) is 0.303. The van der Waals surface area contributed by atoms with Gasteiger partial charge in [0.25, 0.3) is 5.91 Å². The molecule has 0 saturated carbocycles. The van der Waals surface area contributed by atoms with Gasteiger partial charge in [0.15, 0.2) is 5.16 Å². The van der Waals surface area contributed by atoms with Gasteiger partial charge in [0.1, 0.15) is 11.3 Å². The number of aryl methyl sites for hydroxylation is 5. The summed E-state index contributed by atoms with van der Waals surface area (Å²) in [7, 11) is 3.75. The molecule has 1 N–H and O–H groups in total. The number of aromatic nitrogens is 2. The van der Waals surface area contributed by atoms with E-state index in [1.807, 2.05) is 44.5 Å². The van der Waals surface area contributed by atoms with Crippen LogP contribution in [0.25, 0.3) is 0 Å². The van der Waals surface area contributed by atoms with Crippen LogP contribution in [0.4, 0.5) is 0 Å². The number of thioether (sulfide) groups is 1. The minimum absolute atomic E-state index is 0.180. The van der Waals surface area contributed by atoms with Gasteiger partial charge in [-0.05, 0) is 70.7 Å². The van der Waals surface area contributed by atoms with Crippen LogP contribution in [0, 0.1) is 34.6 Å². The molecule has 0 bridgehead atoms. The number of para-hydroxylation sites is 1. The van der Waals surface area contributed by atoms with Crippen LogP contribution >= 0.6 is 11.8 Å². The van der Waals surface area contributed by atoms with E-state index in [4.69, 9.17) is 4.74 Å². The second kappa shape index (κ2) is 14.6. The second-order valence-corrected chi connectivity index (χ2v) is 10.9. The number of amides is 1. The van der Waals surface area contributed by atoms with Crippen molar-refractivity contribution in [1.82, 2.24) is 20.2 Å². The molecular weight excluding hydrogens is 516 g/mol. The summed E-state index contributed by atoms with van der Waals surface area (Å²) < 4.78 is 6.03. The smallest absolute Gasteiger partial charge is 0.260 e. The van der Waals surface area contributed by atoms with E-state index in [9.17, 15) is 4.79 Å². The molecule has 40 heavy (non-hydrogen) atoms. The van der Waals surface area contributed by atoms with Gasteiger partial charge in [-0.15, -0.1) is 0 Å². The predicted octanol–water partition coefficient (Wildman–Crippen LogP) is 7.21. The van der Waals surface area contributed by atoms with E-state index in [0.29, 0.717) is 23.0 Å². The molecule has 0 atom stereocenters. The van der Waals surface area contributed by atoms with Crippen molar-refractivity contribution in [2.24, 2.45) is 0 Å². The van der Waals surface area contributed by atoms with Gasteiger partial charge in [-0.1, -0.05) is 88.6 Å². The van der Waals surface area contributed by atoms with Crippen LogP contribution < -0.4 is 10.1 Å². The van der Waals surface area contributed by atoms with Gasteiger partial charge in [-0.3, -0.25) is 4.79 Å². The third kappa shape index (κ3) is 8.93. The molecule has 4 aromatic rings. The zero-order valence-electron chi connectivity index (χ0n) is 24.8. The van der Waals surface area contributed by atoms with Gasteiger partial charge >= 0.3 is 0 Å². The highest BCUT2D eigenvalue weighted by Crippen LogP contribution is 2.28. The first-order chi connectivity index (χ1) is 19.1. The van der Waals surface area contributed by atoms with E-state index < -0.39 is 0 Å². The molecule has 0 fully saturated rings. The van der Waals surface area contributed by atoms with Crippen molar-refractivity contribution in [1.29, 1.82) is 0 Å². The van der Waals surface area contributed by atoms with Crippen LogP contribution in [-0.4, -0.2) is 41.1 Å². The first-order valence-electron chi connectivity index (χ1n) is 13.3. The zero-order valence-corrected chi connectivity index (χ0v) is 25.6. The summed E-state index contributed by atoms with van der Waals surface area (Å²) in [5, 5.41) is 3.70. The maximum Gasteiger partial charge on any atom is 0.260 e. The topological polar surface area (TPSA) is 67.4 Å². The summed E-state index contributed by atoms with van der Waals surface area (Å²) in [5.74, 6) is 0.764. The molecule has 4 rings (SSSR count). The lowest BCUT2D eigenvalue weighted by Gasteiger charge is -2.19. The Hall–Kier alpha value is -3.68. The van der Waals surface area contributed by atoms with Crippen LogP contribution in [0.1, 0.15) is 49.3 Å². The fourth-order valence-electron chi connectivity index (χ4n) is 4.54. The molecule has 1 amide bonds. The average Bonchev–Trinajstić information content (AvgIpc) is 2.89. The Morgan fingerprint density at radius 3 is 2.02 bits per heavy atom. The van der Waals surface area contributed by atoms with Crippen LogP contribution in [0.2, 0.25) is 0 Å². The third-order valence-corrected chi connectivity index (χ3v) is 6.72. The summed E-state index contributed by atoms with van der Waals surface area (Å²) in [6.45, 7) is 11.8. The van der Waals surface area contributed by atoms with E-state index in [1.165, 1.54) is 39.6 Å². The molecule has 1 heterocycles. The fourth-order valence-corrected chi connectivity index (χ4v) is 4.87. The van der Waals surface area contributed by atoms with E-state index >= 15 is 0 Å². The summed E-state index contributed by atoms with van der Waals surface area (Å²) in [4.78, 5) is 23.6. The lowest BCUT2D eigenvalue weighted by Crippen LogP contribution is -2.27. The number of hydrogen-bond donors (Lipinski definition) is 1. The van der Waals surface area contributed by atoms with Crippen molar-refractivity contribution in [3.8, 4) is 11.6 Å². The normalized spacial score (nSPS) is 10.5. The van der Waals surface area contributed by atoms with Gasteiger partial charge in [0.05, 0.1) is 0 Å². The summed E-state index contributed by atoms with van der Waals surface area (Å²) >= 11 is 1.41. The van der Waals surface area contributed by atoms with E-state index in [1.54, 1.807) is 18.1 Å². The third-order valence-electron chi connectivity index (χ3n) is 6.16. The molecule has 0 aliphatic rings. The molecular formula is C33H40N4O2S. The Kier molecular flexibility index (Phi) is 11.3. The highest BCUT2D eigenvalue weighted by Gasteiger charge is 2.21. The molecule has 0 radical (unpaired) electrons. The average molecular weight is 557 g/mol. The second-order valence-electron chi connectivity index (χ2n) is 10.1. The maximum absolute atomic E-state index is 13.2. The Morgan fingerprint density at radius 1 is 0.900 bits per heavy atom. The van der Waals surface area contributed by atoms with Gasteiger partial charge in [-0.25, -0.2) is 4.98 Å². The SMILES string of the molecule is CNCc1cc(C)cc(C)c1.CSc1ncc(C(=O)N(C)Cc2cc(C)cc(C)c2)c(Oc2ccccc2C)n1. The minimum Gasteiger partial charge on any atom is -0.438 e. The standard InChI is InChI=1S/C23H25N3O2S.C10H15N/c1-15-10-16(2)12-18(11-15)14-26(4)22(27)19-13-24-23(29-5)25-21(19)28-20-9-7-6-8-17(20)3;1-8-4-9(2)6-10(5-8)7-11-3/h6-13H,14H2,1-5H3;4-6,11H,7H2,1-3H3. The zero-order chi connectivity index (χ0) is 29.2. The molecule has 6 nitrogen and oxygen atoms in total. The molecule has 0 saturated heterocycles. The number of benzene rings is 3. The molecule has 7 heteroatoms. The molecule has 0 unspecified atom stereocenters. The largest absolute Gasteiger partial charge is 0.438 e. The van der Waals surface area contributed by atoms with Crippen LogP contribution in [0.3, 0.4) is 0 Å². The lowest BCUT2D eigenvalue weighted by molar-refractivity contribution is 0.0780. The van der Waals surface area contributed by atoms with E-state index in [2.05, 4.69) is 79.4 Å². The van der Waals surface area contributed by atoms with E-state index in [-0.39, 0.29) is 11.8 Å². The monoisotopic (exact) mass is 556 g/mol. The molecule has 3 aromatic carbocycles.